The van der Waals surface area contributed by atoms with Gasteiger partial charge in [-0.1, -0.05) is 19.4 Å². The van der Waals surface area contributed by atoms with Crippen molar-refractivity contribution in [1.29, 1.82) is 0 Å². The molecule has 1 N–H and O–H groups in total. The highest BCUT2D eigenvalue weighted by molar-refractivity contribution is 7.99. The van der Waals surface area contributed by atoms with Gasteiger partial charge in [0, 0.05) is 17.8 Å². The Morgan fingerprint density at radius 2 is 2.47 bits per heavy atom. The number of nitrogens with zero attached hydrogens (tertiary/aromatic N) is 1. The van der Waals surface area contributed by atoms with Crippen LogP contribution in [0.2, 0.25) is 0 Å². The van der Waals surface area contributed by atoms with Crippen LogP contribution in [-0.2, 0) is 0 Å². The zero-order valence-electron chi connectivity index (χ0n) is 9.20. The molecule has 1 aromatic heterocycles. The van der Waals surface area contributed by atoms with Crippen LogP contribution in [0.5, 0.6) is 0 Å². The van der Waals surface area contributed by atoms with Gasteiger partial charge in [0.25, 0.3) is 0 Å². The van der Waals surface area contributed by atoms with Gasteiger partial charge in [0.05, 0.1) is 0 Å². The predicted octanol–water partition coefficient (Wildman–Crippen LogP) is 3.01. The molecule has 15 heavy (non-hydrogen) atoms. The first-order valence-electron chi connectivity index (χ1n) is 5.73. The Morgan fingerprint density at radius 3 is 3.20 bits per heavy atom. The SMILES string of the molecule is CCSc1ncccc1[C@H]1CCCCN1. The van der Waals surface area contributed by atoms with E-state index in [2.05, 4.69) is 23.3 Å². The highest BCUT2D eigenvalue weighted by Gasteiger charge is 2.17. The molecule has 1 aliphatic rings. The number of piperidine rings is 1. The summed E-state index contributed by atoms with van der Waals surface area (Å²) in [6.07, 6.45) is 5.79. The van der Waals surface area contributed by atoms with Crippen LogP contribution in [0.3, 0.4) is 0 Å². The lowest BCUT2D eigenvalue weighted by molar-refractivity contribution is 0.406. The summed E-state index contributed by atoms with van der Waals surface area (Å²) in [6.45, 7) is 3.33. The van der Waals surface area contributed by atoms with Crippen molar-refractivity contribution in [2.24, 2.45) is 0 Å². The van der Waals surface area contributed by atoms with E-state index >= 15 is 0 Å². The third-order valence-corrected chi connectivity index (χ3v) is 3.67. The summed E-state index contributed by atoms with van der Waals surface area (Å²) >= 11 is 1.84. The van der Waals surface area contributed by atoms with Crippen molar-refractivity contribution in [3.05, 3.63) is 23.9 Å². The Kier molecular flexibility index (Phi) is 4.03. The molecule has 2 nitrogen and oxygen atoms in total. The van der Waals surface area contributed by atoms with E-state index in [1.807, 2.05) is 24.0 Å². The number of hydrogen-bond acceptors (Lipinski definition) is 3. The molecule has 0 aliphatic carbocycles. The molecule has 1 atom stereocenters. The van der Waals surface area contributed by atoms with Gasteiger partial charge in [0.15, 0.2) is 0 Å². The summed E-state index contributed by atoms with van der Waals surface area (Å²) in [6, 6.07) is 4.79. The van der Waals surface area contributed by atoms with Crippen molar-refractivity contribution in [3.63, 3.8) is 0 Å². The molecular weight excluding hydrogens is 204 g/mol. The normalized spacial score (nSPS) is 21.5. The van der Waals surface area contributed by atoms with Crippen LogP contribution < -0.4 is 5.32 Å². The van der Waals surface area contributed by atoms with Crippen LogP contribution in [0.25, 0.3) is 0 Å². The first-order valence-corrected chi connectivity index (χ1v) is 6.71. The summed E-state index contributed by atoms with van der Waals surface area (Å²) in [5.41, 5.74) is 1.39. The lowest BCUT2D eigenvalue weighted by atomic mass is 9.99. The molecule has 0 amide bonds. The van der Waals surface area contributed by atoms with Crippen LogP contribution in [-0.4, -0.2) is 17.3 Å². The van der Waals surface area contributed by atoms with Gasteiger partial charge in [-0.05, 0) is 31.2 Å². The van der Waals surface area contributed by atoms with E-state index in [4.69, 9.17) is 0 Å². The molecule has 2 heterocycles. The molecule has 1 saturated heterocycles. The number of hydrogen-bond donors (Lipinski definition) is 1. The lowest BCUT2D eigenvalue weighted by Gasteiger charge is -2.25. The molecule has 1 aliphatic heterocycles. The molecule has 0 saturated carbocycles. The summed E-state index contributed by atoms with van der Waals surface area (Å²) < 4.78 is 0. The average Bonchev–Trinajstić information content (AvgIpc) is 2.31. The third-order valence-electron chi connectivity index (χ3n) is 2.77. The fourth-order valence-electron chi connectivity index (χ4n) is 2.04. The van der Waals surface area contributed by atoms with Crippen molar-refractivity contribution in [2.45, 2.75) is 37.3 Å². The van der Waals surface area contributed by atoms with Crippen molar-refractivity contribution in [1.82, 2.24) is 10.3 Å². The second-order valence-electron chi connectivity index (χ2n) is 3.83. The molecule has 0 unspecified atom stereocenters. The lowest BCUT2D eigenvalue weighted by Crippen LogP contribution is -2.27. The zero-order chi connectivity index (χ0) is 10.5. The maximum Gasteiger partial charge on any atom is 0.101 e. The average molecular weight is 222 g/mol. The molecule has 1 aromatic rings. The van der Waals surface area contributed by atoms with Gasteiger partial charge in [-0.2, -0.15) is 0 Å². The minimum atomic E-state index is 0.529. The smallest absolute Gasteiger partial charge is 0.101 e. The first kappa shape index (κ1) is 11.0. The van der Waals surface area contributed by atoms with Crippen LogP contribution in [0.4, 0.5) is 0 Å². The highest BCUT2D eigenvalue weighted by Crippen LogP contribution is 2.29. The van der Waals surface area contributed by atoms with E-state index in [-0.39, 0.29) is 0 Å². The third kappa shape index (κ3) is 2.73. The number of nitrogens with one attached hydrogen (secondary N) is 1. The van der Waals surface area contributed by atoms with Crippen LogP contribution in [0.1, 0.15) is 37.8 Å². The van der Waals surface area contributed by atoms with Crippen LogP contribution in [0.15, 0.2) is 23.4 Å². The van der Waals surface area contributed by atoms with Crippen molar-refractivity contribution >= 4 is 11.8 Å². The molecule has 3 heteroatoms. The topological polar surface area (TPSA) is 24.9 Å². The quantitative estimate of drug-likeness (QED) is 0.796. The van der Waals surface area contributed by atoms with Crippen molar-refractivity contribution in [2.75, 3.05) is 12.3 Å². The van der Waals surface area contributed by atoms with E-state index in [0.717, 1.165) is 12.3 Å². The van der Waals surface area contributed by atoms with E-state index in [0.29, 0.717) is 6.04 Å². The molecule has 0 spiro atoms. The van der Waals surface area contributed by atoms with Gasteiger partial charge in [-0.25, -0.2) is 4.98 Å². The van der Waals surface area contributed by atoms with E-state index < -0.39 is 0 Å². The van der Waals surface area contributed by atoms with Crippen molar-refractivity contribution in [3.8, 4) is 0 Å². The fraction of sp³-hybridized carbons (Fsp3) is 0.583. The largest absolute Gasteiger partial charge is 0.310 e. The summed E-state index contributed by atoms with van der Waals surface area (Å²) in [5.74, 6) is 1.09. The summed E-state index contributed by atoms with van der Waals surface area (Å²) in [7, 11) is 0. The minimum Gasteiger partial charge on any atom is -0.310 e. The Hall–Kier alpha value is -0.540. The molecular formula is C12H18N2S. The van der Waals surface area contributed by atoms with Gasteiger partial charge in [0.2, 0.25) is 0 Å². The number of pyridine rings is 1. The predicted molar refractivity (Wildman–Crippen MR) is 65.2 cm³/mol. The Labute approximate surface area is 95.9 Å². The van der Waals surface area contributed by atoms with Gasteiger partial charge < -0.3 is 5.32 Å². The molecule has 0 radical (unpaired) electrons. The maximum absolute atomic E-state index is 4.47. The zero-order valence-corrected chi connectivity index (χ0v) is 10.0. The van der Waals surface area contributed by atoms with Crippen LogP contribution >= 0.6 is 11.8 Å². The fourth-order valence-corrected chi connectivity index (χ4v) is 2.83. The Bertz CT molecular complexity index is 308. The first-order chi connectivity index (χ1) is 7.42. The van der Waals surface area contributed by atoms with Gasteiger partial charge in [0.1, 0.15) is 5.03 Å². The molecule has 82 valence electrons. The highest BCUT2D eigenvalue weighted by atomic mass is 32.2. The summed E-state index contributed by atoms with van der Waals surface area (Å²) in [5, 5.41) is 4.79. The molecule has 0 bridgehead atoms. The molecule has 0 aromatic carbocycles. The maximum atomic E-state index is 4.47. The van der Waals surface area contributed by atoms with E-state index in [1.54, 1.807) is 0 Å². The van der Waals surface area contributed by atoms with E-state index in [1.165, 1.54) is 29.9 Å². The second-order valence-corrected chi connectivity index (χ2v) is 5.09. The number of aromatic nitrogens is 1. The van der Waals surface area contributed by atoms with E-state index in [9.17, 15) is 0 Å². The number of rotatable bonds is 3. The van der Waals surface area contributed by atoms with Crippen molar-refractivity contribution < 1.29 is 0 Å². The minimum absolute atomic E-state index is 0.529. The van der Waals surface area contributed by atoms with Gasteiger partial charge >= 0.3 is 0 Å². The Morgan fingerprint density at radius 1 is 1.53 bits per heavy atom. The summed E-state index contributed by atoms with van der Waals surface area (Å²) in [4.78, 5) is 4.47. The molecule has 1 fully saturated rings. The molecule has 2 rings (SSSR count). The second kappa shape index (κ2) is 5.52. The standard InChI is InChI=1S/C12H18N2S/c1-2-15-12-10(6-5-9-14-12)11-7-3-4-8-13-11/h5-6,9,11,13H,2-4,7-8H2,1H3/t11-/m1/s1. The number of thioether (sulfide) groups is 1. The van der Waals surface area contributed by atoms with Gasteiger partial charge in [-0.15, -0.1) is 11.8 Å². The Balaban J connectivity index is 2.17. The van der Waals surface area contributed by atoms with Crippen LogP contribution in [0, 0.1) is 0 Å². The van der Waals surface area contributed by atoms with Gasteiger partial charge in [-0.3, -0.25) is 0 Å². The monoisotopic (exact) mass is 222 g/mol.